The molecule has 4 nitrogen and oxygen atoms in total. The fourth-order valence-corrected chi connectivity index (χ4v) is 2.83. The van der Waals surface area contributed by atoms with Crippen LogP contribution in [0.3, 0.4) is 0 Å². The van der Waals surface area contributed by atoms with Gasteiger partial charge in [0, 0.05) is 24.4 Å². The van der Waals surface area contributed by atoms with Crippen LogP contribution in [0.2, 0.25) is 0 Å². The zero-order valence-electron chi connectivity index (χ0n) is 14.8. The van der Waals surface area contributed by atoms with Crippen LogP contribution >= 0.6 is 0 Å². The molecule has 0 fully saturated rings. The minimum atomic E-state index is -4.80. The topological polar surface area (TPSA) is 38.1 Å². The summed E-state index contributed by atoms with van der Waals surface area (Å²) >= 11 is 0. The van der Waals surface area contributed by atoms with Crippen LogP contribution in [0.4, 0.5) is 33.3 Å². The molecule has 0 saturated heterocycles. The highest BCUT2D eigenvalue weighted by Gasteiger charge is 2.39. The molecule has 0 spiro atoms. The Balaban J connectivity index is 2.21. The van der Waals surface area contributed by atoms with Gasteiger partial charge in [-0.25, -0.2) is 8.78 Å². The van der Waals surface area contributed by atoms with Crippen molar-refractivity contribution >= 4 is 17.8 Å². The van der Waals surface area contributed by atoms with Crippen molar-refractivity contribution in [3.05, 3.63) is 65.5 Å². The van der Waals surface area contributed by atoms with Crippen LogP contribution < -0.4 is 4.90 Å². The van der Waals surface area contributed by atoms with Crippen LogP contribution in [0.1, 0.15) is 11.3 Å². The Hall–Kier alpha value is -3.23. The summed E-state index contributed by atoms with van der Waals surface area (Å²) < 4.78 is 68.9. The van der Waals surface area contributed by atoms with Crippen LogP contribution in [0.25, 0.3) is 11.1 Å². The number of rotatable bonds is 4. The smallest absolute Gasteiger partial charge is 0.279 e. The summed E-state index contributed by atoms with van der Waals surface area (Å²) in [7, 11) is 1.29. The SMILES string of the molecule is Cc1c(F)cc(-c2ccccc2N(C=O)c2cn(C)nc2C(F)(F)F)cc1F. The van der Waals surface area contributed by atoms with Gasteiger partial charge in [-0.1, -0.05) is 18.2 Å². The van der Waals surface area contributed by atoms with Gasteiger partial charge in [-0.2, -0.15) is 18.3 Å². The molecule has 2 aromatic carbocycles. The van der Waals surface area contributed by atoms with Gasteiger partial charge in [-0.3, -0.25) is 14.4 Å². The van der Waals surface area contributed by atoms with E-state index in [4.69, 9.17) is 0 Å². The van der Waals surface area contributed by atoms with Crippen LogP contribution in [0, 0.1) is 18.6 Å². The van der Waals surface area contributed by atoms with Crippen molar-refractivity contribution in [2.45, 2.75) is 13.1 Å². The lowest BCUT2D eigenvalue weighted by molar-refractivity contribution is -0.140. The minimum absolute atomic E-state index is 0.0265. The van der Waals surface area contributed by atoms with Crippen LogP contribution in [0.5, 0.6) is 0 Å². The van der Waals surface area contributed by atoms with Gasteiger partial charge in [0.1, 0.15) is 11.6 Å². The molecular formula is C19H14F5N3O. The molecule has 0 saturated carbocycles. The Kier molecular flexibility index (Phi) is 4.93. The van der Waals surface area contributed by atoms with Crippen molar-refractivity contribution in [2.75, 3.05) is 4.90 Å². The van der Waals surface area contributed by atoms with Gasteiger partial charge in [0.2, 0.25) is 6.41 Å². The number of hydrogen-bond acceptors (Lipinski definition) is 2. The normalized spacial score (nSPS) is 11.5. The number of amides is 1. The van der Waals surface area contributed by atoms with Gasteiger partial charge in [0.15, 0.2) is 5.69 Å². The first-order chi connectivity index (χ1) is 13.1. The average molecular weight is 395 g/mol. The lowest BCUT2D eigenvalue weighted by atomic mass is 10.0. The number of alkyl halides is 3. The molecule has 1 amide bonds. The summed E-state index contributed by atoms with van der Waals surface area (Å²) in [6, 6.07) is 8.01. The molecule has 1 aromatic heterocycles. The predicted octanol–water partition coefficient (Wildman–Crippen LogP) is 4.99. The third kappa shape index (κ3) is 3.47. The van der Waals surface area contributed by atoms with E-state index in [2.05, 4.69) is 5.10 Å². The van der Waals surface area contributed by atoms with Crippen molar-refractivity contribution < 1.29 is 26.7 Å². The van der Waals surface area contributed by atoms with Crippen LogP contribution in [-0.2, 0) is 18.0 Å². The summed E-state index contributed by atoms with van der Waals surface area (Å²) in [5, 5.41) is 3.39. The largest absolute Gasteiger partial charge is 0.437 e. The second-order valence-electron chi connectivity index (χ2n) is 6.09. The van der Waals surface area contributed by atoms with E-state index in [1.807, 2.05) is 0 Å². The van der Waals surface area contributed by atoms with Crippen LogP contribution in [-0.4, -0.2) is 16.2 Å². The molecule has 28 heavy (non-hydrogen) atoms. The van der Waals surface area contributed by atoms with E-state index in [1.165, 1.54) is 32.2 Å². The summed E-state index contributed by atoms with van der Waals surface area (Å²) in [5.74, 6) is -1.61. The van der Waals surface area contributed by atoms with Crippen LogP contribution in [0.15, 0.2) is 42.6 Å². The first-order valence-corrected chi connectivity index (χ1v) is 8.04. The molecule has 3 aromatic rings. The van der Waals surface area contributed by atoms with E-state index in [1.54, 1.807) is 6.07 Å². The minimum Gasteiger partial charge on any atom is -0.279 e. The molecule has 0 aliphatic heterocycles. The second kappa shape index (κ2) is 7.06. The van der Waals surface area contributed by atoms with E-state index in [0.717, 1.165) is 27.9 Å². The average Bonchev–Trinajstić information content (AvgIpc) is 3.02. The Morgan fingerprint density at radius 2 is 1.68 bits per heavy atom. The van der Waals surface area contributed by atoms with E-state index < -0.39 is 29.2 Å². The fraction of sp³-hybridized carbons (Fsp3) is 0.158. The quantitative estimate of drug-likeness (QED) is 0.461. The first-order valence-electron chi connectivity index (χ1n) is 8.04. The van der Waals surface area contributed by atoms with Crippen molar-refractivity contribution in [1.29, 1.82) is 0 Å². The predicted molar refractivity (Wildman–Crippen MR) is 92.9 cm³/mol. The Morgan fingerprint density at radius 3 is 2.25 bits per heavy atom. The molecule has 0 aliphatic rings. The third-order valence-electron chi connectivity index (χ3n) is 4.20. The number of benzene rings is 2. The van der Waals surface area contributed by atoms with Crippen molar-refractivity contribution in [2.24, 2.45) is 7.05 Å². The monoisotopic (exact) mass is 395 g/mol. The van der Waals surface area contributed by atoms with Gasteiger partial charge < -0.3 is 0 Å². The standard InChI is InChI=1S/C19H14F5N3O/c1-11-14(20)7-12(8-15(11)21)13-5-3-4-6-16(13)27(10-28)17-9-26(2)25-18(17)19(22,23)24/h3-10H,1-2H3. The number of aromatic nitrogens is 2. The lowest BCUT2D eigenvalue weighted by Gasteiger charge is -2.21. The summed E-state index contributed by atoms with van der Waals surface area (Å²) in [6.45, 7) is 1.27. The summed E-state index contributed by atoms with van der Waals surface area (Å²) in [6.07, 6.45) is -3.55. The number of hydrogen-bond donors (Lipinski definition) is 0. The number of carbonyl (C=O) groups is 1. The number of halogens is 5. The second-order valence-corrected chi connectivity index (χ2v) is 6.09. The molecule has 146 valence electrons. The highest BCUT2D eigenvalue weighted by Crippen LogP contribution is 2.40. The molecule has 3 rings (SSSR count). The summed E-state index contributed by atoms with van der Waals surface area (Å²) in [4.78, 5) is 12.5. The first kappa shape index (κ1) is 19.5. The molecule has 0 N–H and O–H groups in total. The Morgan fingerprint density at radius 1 is 1.07 bits per heavy atom. The molecule has 1 heterocycles. The number of anilines is 2. The van der Waals surface area contributed by atoms with Crippen molar-refractivity contribution in [3.63, 3.8) is 0 Å². The summed E-state index contributed by atoms with van der Waals surface area (Å²) in [5.41, 5.74) is -1.63. The molecule has 0 radical (unpaired) electrons. The Bertz CT molecular complexity index is 1020. The van der Waals surface area contributed by atoms with Gasteiger partial charge in [0.25, 0.3) is 0 Å². The van der Waals surface area contributed by atoms with Crippen molar-refractivity contribution in [3.8, 4) is 11.1 Å². The lowest BCUT2D eigenvalue weighted by Crippen LogP contribution is -2.19. The zero-order chi connectivity index (χ0) is 20.6. The molecule has 9 heteroatoms. The highest BCUT2D eigenvalue weighted by molar-refractivity contribution is 5.94. The van der Waals surface area contributed by atoms with Gasteiger partial charge in [-0.05, 0) is 30.7 Å². The van der Waals surface area contributed by atoms with Crippen molar-refractivity contribution in [1.82, 2.24) is 9.78 Å². The highest BCUT2D eigenvalue weighted by atomic mass is 19.4. The maximum absolute atomic E-state index is 14.0. The van der Waals surface area contributed by atoms with E-state index >= 15 is 0 Å². The molecule has 0 aliphatic carbocycles. The third-order valence-corrected chi connectivity index (χ3v) is 4.20. The maximum atomic E-state index is 14.0. The van der Waals surface area contributed by atoms with Gasteiger partial charge in [-0.15, -0.1) is 0 Å². The Labute approximate surface area is 156 Å². The molecule has 0 atom stereocenters. The molecule has 0 bridgehead atoms. The molecule has 0 unspecified atom stereocenters. The van der Waals surface area contributed by atoms with E-state index in [0.29, 0.717) is 0 Å². The zero-order valence-corrected chi connectivity index (χ0v) is 14.8. The van der Waals surface area contributed by atoms with E-state index in [9.17, 15) is 26.7 Å². The number of para-hydroxylation sites is 1. The molecular weight excluding hydrogens is 381 g/mol. The number of aryl methyl sites for hydroxylation is 1. The van der Waals surface area contributed by atoms with E-state index in [-0.39, 0.29) is 28.8 Å². The number of carbonyl (C=O) groups excluding carboxylic acids is 1. The number of nitrogens with zero attached hydrogens (tertiary/aromatic N) is 3. The fourth-order valence-electron chi connectivity index (χ4n) is 2.83. The van der Waals surface area contributed by atoms with Gasteiger partial charge >= 0.3 is 6.18 Å². The van der Waals surface area contributed by atoms with Gasteiger partial charge in [0.05, 0.1) is 11.4 Å². The maximum Gasteiger partial charge on any atom is 0.437 e.